The lowest BCUT2D eigenvalue weighted by Gasteiger charge is -2.44. The van der Waals surface area contributed by atoms with E-state index in [0.717, 1.165) is 30.1 Å². The van der Waals surface area contributed by atoms with Crippen LogP contribution in [-0.4, -0.2) is 48.8 Å². The fourth-order valence-electron chi connectivity index (χ4n) is 3.90. The quantitative estimate of drug-likeness (QED) is 0.927. The molecule has 2 aliphatic heterocycles. The highest BCUT2D eigenvalue weighted by atomic mass is 16.5. The van der Waals surface area contributed by atoms with Crippen molar-refractivity contribution in [2.45, 2.75) is 44.9 Å². The van der Waals surface area contributed by atoms with Gasteiger partial charge < -0.3 is 14.7 Å². The van der Waals surface area contributed by atoms with E-state index in [0.29, 0.717) is 12.1 Å². The van der Waals surface area contributed by atoms with Gasteiger partial charge in [0.05, 0.1) is 13.2 Å². The summed E-state index contributed by atoms with van der Waals surface area (Å²) >= 11 is 0. The second-order valence-corrected chi connectivity index (χ2v) is 6.36. The van der Waals surface area contributed by atoms with E-state index in [4.69, 9.17) is 4.74 Å². The second kappa shape index (κ2) is 5.85. The summed E-state index contributed by atoms with van der Waals surface area (Å²) in [4.78, 5) is 5.07. The van der Waals surface area contributed by atoms with Gasteiger partial charge in [0.1, 0.15) is 5.75 Å². The fraction of sp³-hybridized carbons (Fsp3) is 0.647. The molecule has 1 N–H and O–H groups in total. The maximum Gasteiger partial charge on any atom is 0.126 e. The molecule has 0 spiro atoms. The number of aliphatic hydroxyl groups excluding tert-OH is 1. The number of piperazine rings is 1. The smallest absolute Gasteiger partial charge is 0.126 e. The van der Waals surface area contributed by atoms with Crippen LogP contribution >= 0.6 is 0 Å². The number of benzene rings is 1. The van der Waals surface area contributed by atoms with Crippen molar-refractivity contribution in [3.8, 4) is 5.75 Å². The molecule has 0 aliphatic carbocycles. The van der Waals surface area contributed by atoms with Crippen molar-refractivity contribution in [3.05, 3.63) is 23.8 Å². The number of fused-ring (bicyclic) bond motifs is 1. The summed E-state index contributed by atoms with van der Waals surface area (Å²) in [7, 11) is 1.67. The highest BCUT2D eigenvalue weighted by Gasteiger charge is 2.35. The normalized spacial score (nSPS) is 27.5. The maximum atomic E-state index is 10.2. The van der Waals surface area contributed by atoms with Crippen LogP contribution in [0.25, 0.3) is 0 Å². The maximum absolute atomic E-state index is 10.2. The van der Waals surface area contributed by atoms with Crippen molar-refractivity contribution >= 4 is 5.69 Å². The first kappa shape index (κ1) is 14.7. The van der Waals surface area contributed by atoms with Gasteiger partial charge in [0.15, 0.2) is 0 Å². The molecule has 3 rings (SSSR count). The molecule has 4 heteroatoms. The number of methoxy groups -OCH3 is 1. The van der Waals surface area contributed by atoms with Crippen molar-refractivity contribution in [2.24, 2.45) is 0 Å². The average molecular weight is 290 g/mol. The van der Waals surface area contributed by atoms with Gasteiger partial charge in [0.2, 0.25) is 0 Å². The third-order valence-electron chi connectivity index (χ3n) is 4.93. The Balaban J connectivity index is 1.95. The Morgan fingerprint density at radius 3 is 2.86 bits per heavy atom. The zero-order valence-electron chi connectivity index (χ0n) is 13.2. The Morgan fingerprint density at radius 2 is 2.14 bits per heavy atom. The summed E-state index contributed by atoms with van der Waals surface area (Å²) < 4.78 is 5.46. The molecule has 1 aromatic carbocycles. The van der Waals surface area contributed by atoms with Gasteiger partial charge in [-0.3, -0.25) is 4.90 Å². The first-order valence-corrected chi connectivity index (χ1v) is 7.97. The van der Waals surface area contributed by atoms with Crippen LogP contribution in [0.1, 0.15) is 38.4 Å². The number of nitrogens with zero attached hydrogens (tertiary/aromatic N) is 2. The molecule has 2 fully saturated rings. The Morgan fingerprint density at radius 1 is 1.33 bits per heavy atom. The van der Waals surface area contributed by atoms with Crippen molar-refractivity contribution in [1.82, 2.24) is 4.90 Å². The Kier molecular flexibility index (Phi) is 4.09. The minimum absolute atomic E-state index is 0.462. The van der Waals surface area contributed by atoms with E-state index >= 15 is 0 Å². The molecule has 2 aliphatic rings. The van der Waals surface area contributed by atoms with Gasteiger partial charge in [-0.25, -0.2) is 0 Å². The highest BCUT2D eigenvalue weighted by molar-refractivity contribution is 5.61. The number of hydrogen-bond donors (Lipinski definition) is 1. The zero-order valence-corrected chi connectivity index (χ0v) is 13.2. The summed E-state index contributed by atoms with van der Waals surface area (Å²) in [5.41, 5.74) is 2.04. The predicted molar refractivity (Wildman–Crippen MR) is 85.0 cm³/mol. The third kappa shape index (κ3) is 2.62. The fourth-order valence-corrected chi connectivity index (χ4v) is 3.90. The number of rotatable bonds is 3. The van der Waals surface area contributed by atoms with Crippen LogP contribution in [-0.2, 0) is 0 Å². The van der Waals surface area contributed by atoms with E-state index in [9.17, 15) is 5.11 Å². The Bertz CT molecular complexity index is 504. The standard InChI is InChI=1S/C17H26N2O2/c1-12-10-18-9-5-6-14(18)11-19(12)15-7-4-8-16(21-3)17(15)13(2)20/h4,7-8,12-14,20H,5-6,9-11H2,1-3H3. The summed E-state index contributed by atoms with van der Waals surface area (Å²) in [6.07, 6.45) is 2.08. The molecule has 2 heterocycles. The molecule has 0 radical (unpaired) electrons. The predicted octanol–water partition coefficient (Wildman–Crippen LogP) is 2.42. The lowest BCUT2D eigenvalue weighted by atomic mass is 10.0. The van der Waals surface area contributed by atoms with E-state index < -0.39 is 6.10 Å². The van der Waals surface area contributed by atoms with Crippen LogP contribution in [0.2, 0.25) is 0 Å². The van der Waals surface area contributed by atoms with Gasteiger partial charge in [-0.15, -0.1) is 0 Å². The monoisotopic (exact) mass is 290 g/mol. The summed E-state index contributed by atoms with van der Waals surface area (Å²) in [6, 6.07) is 7.19. The Hall–Kier alpha value is -1.26. The van der Waals surface area contributed by atoms with Crippen LogP contribution < -0.4 is 9.64 Å². The van der Waals surface area contributed by atoms with Crippen LogP contribution in [0.15, 0.2) is 18.2 Å². The van der Waals surface area contributed by atoms with Gasteiger partial charge in [0, 0.05) is 36.4 Å². The molecule has 0 aromatic heterocycles. The van der Waals surface area contributed by atoms with E-state index in [1.54, 1.807) is 7.11 Å². The van der Waals surface area contributed by atoms with Crippen LogP contribution in [0, 0.1) is 0 Å². The molecule has 116 valence electrons. The van der Waals surface area contributed by atoms with Gasteiger partial charge in [0.25, 0.3) is 0 Å². The van der Waals surface area contributed by atoms with Crippen LogP contribution in [0.3, 0.4) is 0 Å². The molecule has 2 saturated heterocycles. The molecule has 3 atom stereocenters. The summed E-state index contributed by atoms with van der Waals surface area (Å²) in [6.45, 7) is 7.50. The van der Waals surface area contributed by atoms with Crippen LogP contribution in [0.5, 0.6) is 5.75 Å². The topological polar surface area (TPSA) is 35.9 Å². The first-order valence-electron chi connectivity index (χ1n) is 7.97. The van der Waals surface area contributed by atoms with E-state index in [1.165, 1.54) is 19.4 Å². The van der Waals surface area contributed by atoms with Gasteiger partial charge in [-0.1, -0.05) is 6.07 Å². The average Bonchev–Trinajstić information content (AvgIpc) is 2.92. The number of aliphatic hydroxyl groups is 1. The van der Waals surface area contributed by atoms with Gasteiger partial charge >= 0.3 is 0 Å². The molecular weight excluding hydrogens is 264 g/mol. The molecule has 21 heavy (non-hydrogen) atoms. The van der Waals surface area contributed by atoms with E-state index in [1.807, 2.05) is 19.1 Å². The van der Waals surface area contributed by atoms with Crippen molar-refractivity contribution in [3.63, 3.8) is 0 Å². The lowest BCUT2D eigenvalue weighted by Crippen LogP contribution is -2.55. The van der Waals surface area contributed by atoms with Crippen molar-refractivity contribution in [2.75, 3.05) is 31.6 Å². The largest absolute Gasteiger partial charge is 0.496 e. The molecule has 4 nitrogen and oxygen atoms in total. The summed E-state index contributed by atoms with van der Waals surface area (Å²) in [5, 5.41) is 10.2. The number of ether oxygens (including phenoxy) is 1. The third-order valence-corrected chi connectivity index (χ3v) is 4.93. The molecule has 3 unspecified atom stereocenters. The molecule has 0 bridgehead atoms. The number of hydrogen-bond acceptors (Lipinski definition) is 4. The number of anilines is 1. The van der Waals surface area contributed by atoms with Crippen molar-refractivity contribution < 1.29 is 9.84 Å². The van der Waals surface area contributed by atoms with Crippen molar-refractivity contribution in [1.29, 1.82) is 0 Å². The molecule has 0 amide bonds. The minimum Gasteiger partial charge on any atom is -0.496 e. The van der Waals surface area contributed by atoms with Crippen LogP contribution in [0.4, 0.5) is 5.69 Å². The SMILES string of the molecule is COc1cccc(N2CC3CCCN3CC2C)c1C(C)O. The molecule has 1 aromatic rings. The lowest BCUT2D eigenvalue weighted by molar-refractivity contribution is 0.189. The van der Waals surface area contributed by atoms with E-state index in [2.05, 4.69) is 22.8 Å². The Labute approximate surface area is 127 Å². The first-order chi connectivity index (χ1) is 10.1. The molecule has 0 saturated carbocycles. The minimum atomic E-state index is -0.523. The second-order valence-electron chi connectivity index (χ2n) is 6.36. The van der Waals surface area contributed by atoms with Gasteiger partial charge in [-0.2, -0.15) is 0 Å². The molecular formula is C17H26N2O2. The highest BCUT2D eigenvalue weighted by Crippen LogP contribution is 2.37. The zero-order chi connectivity index (χ0) is 15.0. The van der Waals surface area contributed by atoms with E-state index in [-0.39, 0.29) is 0 Å². The van der Waals surface area contributed by atoms with Gasteiger partial charge in [-0.05, 0) is 45.4 Å². The summed E-state index contributed by atoms with van der Waals surface area (Å²) in [5.74, 6) is 0.781.